The van der Waals surface area contributed by atoms with Crippen LogP contribution < -0.4 is 10.9 Å². The van der Waals surface area contributed by atoms with Gasteiger partial charge >= 0.3 is 0 Å². The topological polar surface area (TPSA) is 89.8 Å². The number of carbonyl (C=O) groups excluding carboxylic acids is 1. The summed E-state index contributed by atoms with van der Waals surface area (Å²) in [6.07, 6.45) is 2.20. The molecule has 7 nitrogen and oxygen atoms in total. The lowest BCUT2D eigenvalue weighted by atomic mass is 10.2. The van der Waals surface area contributed by atoms with Gasteiger partial charge in [-0.1, -0.05) is 18.3 Å². The number of anilines is 1. The summed E-state index contributed by atoms with van der Waals surface area (Å²) < 4.78 is 1.36. The molecule has 0 bridgehead atoms. The number of thiophene rings is 1. The third kappa shape index (κ3) is 2.84. The fourth-order valence-corrected chi connectivity index (χ4v) is 3.98. The van der Waals surface area contributed by atoms with Gasteiger partial charge in [-0.2, -0.15) is 0 Å². The minimum Gasteiger partial charge on any atom is -0.299 e. The Morgan fingerprint density at radius 2 is 2.08 bits per heavy atom. The van der Waals surface area contributed by atoms with E-state index in [9.17, 15) is 9.59 Å². The number of hydrogen-bond acceptors (Lipinski definition) is 7. The molecule has 0 aliphatic heterocycles. The van der Waals surface area contributed by atoms with Gasteiger partial charge in [0.25, 0.3) is 5.56 Å². The Morgan fingerprint density at radius 1 is 1.33 bits per heavy atom. The van der Waals surface area contributed by atoms with E-state index < -0.39 is 6.04 Å². The first-order valence-corrected chi connectivity index (χ1v) is 9.15. The van der Waals surface area contributed by atoms with Crippen molar-refractivity contribution in [2.24, 2.45) is 0 Å². The molecule has 0 saturated heterocycles. The number of amides is 1. The molecular formula is C15H17N5O2S2. The molecule has 3 rings (SSSR count). The molecule has 1 atom stereocenters. The number of nitrogens with zero attached hydrogens (tertiary/aromatic N) is 4. The van der Waals surface area contributed by atoms with Crippen molar-refractivity contribution in [3.05, 3.63) is 32.1 Å². The first-order chi connectivity index (χ1) is 11.4. The van der Waals surface area contributed by atoms with E-state index in [4.69, 9.17) is 0 Å². The molecule has 9 heteroatoms. The van der Waals surface area contributed by atoms with Crippen molar-refractivity contribution < 1.29 is 4.79 Å². The number of hydrogen-bond donors (Lipinski definition) is 1. The van der Waals surface area contributed by atoms with Gasteiger partial charge in [0.05, 0.1) is 11.7 Å². The smallest absolute Gasteiger partial charge is 0.263 e. The van der Waals surface area contributed by atoms with Crippen molar-refractivity contribution in [1.29, 1.82) is 0 Å². The van der Waals surface area contributed by atoms with E-state index in [0.29, 0.717) is 15.3 Å². The molecule has 1 amide bonds. The number of aromatic nitrogens is 4. The van der Waals surface area contributed by atoms with Gasteiger partial charge in [0.2, 0.25) is 11.0 Å². The number of nitrogens with one attached hydrogen (secondary N) is 1. The Morgan fingerprint density at radius 3 is 2.75 bits per heavy atom. The number of rotatable bonds is 4. The van der Waals surface area contributed by atoms with Gasteiger partial charge in [-0.25, -0.2) is 4.98 Å². The van der Waals surface area contributed by atoms with Gasteiger partial charge in [-0.3, -0.25) is 19.5 Å². The zero-order valence-corrected chi connectivity index (χ0v) is 15.4. The van der Waals surface area contributed by atoms with Crippen molar-refractivity contribution in [2.45, 2.75) is 40.2 Å². The van der Waals surface area contributed by atoms with Crippen molar-refractivity contribution in [1.82, 2.24) is 19.7 Å². The molecule has 1 unspecified atom stereocenters. The highest BCUT2D eigenvalue weighted by Gasteiger charge is 2.21. The SMILES string of the molecule is CCc1nnc(NC(=O)C(C)n2cnc3sc(C)c(C)c3c2=O)s1. The number of fused-ring (bicyclic) bond motifs is 1. The largest absolute Gasteiger partial charge is 0.299 e. The summed E-state index contributed by atoms with van der Waals surface area (Å²) in [5.41, 5.74) is 0.724. The van der Waals surface area contributed by atoms with Crippen LogP contribution in [0.2, 0.25) is 0 Å². The van der Waals surface area contributed by atoms with Gasteiger partial charge in [0.15, 0.2) is 0 Å². The molecule has 126 valence electrons. The molecule has 0 radical (unpaired) electrons. The number of aryl methyl sites for hydroxylation is 3. The van der Waals surface area contributed by atoms with Crippen LogP contribution >= 0.6 is 22.7 Å². The van der Waals surface area contributed by atoms with E-state index in [1.165, 1.54) is 33.6 Å². The normalized spacial score (nSPS) is 12.5. The van der Waals surface area contributed by atoms with E-state index >= 15 is 0 Å². The highest BCUT2D eigenvalue weighted by Crippen LogP contribution is 2.26. The maximum atomic E-state index is 12.7. The Balaban J connectivity index is 1.91. The lowest BCUT2D eigenvalue weighted by Crippen LogP contribution is -2.31. The van der Waals surface area contributed by atoms with E-state index in [2.05, 4.69) is 20.5 Å². The van der Waals surface area contributed by atoms with Crippen molar-refractivity contribution in [3.8, 4) is 0 Å². The third-order valence-electron chi connectivity index (χ3n) is 3.91. The quantitative estimate of drug-likeness (QED) is 0.770. The van der Waals surface area contributed by atoms with Gasteiger partial charge in [0.1, 0.15) is 15.9 Å². The summed E-state index contributed by atoms with van der Waals surface area (Å²) in [5, 5.41) is 12.5. The van der Waals surface area contributed by atoms with Gasteiger partial charge < -0.3 is 0 Å². The molecular weight excluding hydrogens is 346 g/mol. The second kappa shape index (κ2) is 6.40. The van der Waals surface area contributed by atoms with Crippen LogP contribution in [-0.2, 0) is 11.2 Å². The summed E-state index contributed by atoms with van der Waals surface area (Å²) in [5.74, 6) is -0.318. The van der Waals surface area contributed by atoms with Crippen LogP contribution in [0, 0.1) is 13.8 Å². The van der Waals surface area contributed by atoms with Crippen LogP contribution in [0.5, 0.6) is 0 Å². The van der Waals surface area contributed by atoms with E-state index in [1.54, 1.807) is 6.92 Å². The molecule has 0 saturated carbocycles. The van der Waals surface area contributed by atoms with E-state index in [-0.39, 0.29) is 11.5 Å². The van der Waals surface area contributed by atoms with E-state index in [0.717, 1.165) is 21.9 Å². The lowest BCUT2D eigenvalue weighted by molar-refractivity contribution is -0.118. The summed E-state index contributed by atoms with van der Waals surface area (Å²) >= 11 is 2.82. The maximum Gasteiger partial charge on any atom is 0.263 e. The zero-order chi connectivity index (χ0) is 17.4. The van der Waals surface area contributed by atoms with Crippen LogP contribution in [-0.4, -0.2) is 25.7 Å². The number of carbonyl (C=O) groups is 1. The maximum absolute atomic E-state index is 12.7. The van der Waals surface area contributed by atoms with Crippen LogP contribution in [0.1, 0.15) is 35.3 Å². The van der Waals surface area contributed by atoms with Crippen LogP contribution in [0.25, 0.3) is 10.2 Å². The van der Waals surface area contributed by atoms with E-state index in [1.807, 2.05) is 20.8 Å². The first-order valence-electron chi connectivity index (χ1n) is 7.52. The Bertz CT molecular complexity index is 972. The standard InChI is InChI=1S/C15H17N5O2S2/c1-5-10-18-19-15(24-10)17-12(21)8(3)20-6-16-13-11(14(20)22)7(2)9(4)23-13/h6,8H,5H2,1-4H3,(H,17,19,21). The molecule has 0 fully saturated rings. The molecule has 3 aromatic heterocycles. The van der Waals surface area contributed by atoms with Crippen LogP contribution in [0.4, 0.5) is 5.13 Å². The van der Waals surface area contributed by atoms with Gasteiger partial charge in [0, 0.05) is 4.88 Å². The Kier molecular flexibility index (Phi) is 4.46. The monoisotopic (exact) mass is 363 g/mol. The molecule has 1 N–H and O–H groups in total. The summed E-state index contributed by atoms with van der Waals surface area (Å²) in [4.78, 5) is 31.3. The molecule has 24 heavy (non-hydrogen) atoms. The molecule has 0 spiro atoms. The van der Waals surface area contributed by atoms with Crippen LogP contribution in [0.3, 0.4) is 0 Å². The summed E-state index contributed by atoms with van der Waals surface area (Å²) in [6.45, 7) is 7.50. The minimum absolute atomic E-state index is 0.198. The zero-order valence-electron chi connectivity index (χ0n) is 13.8. The fraction of sp³-hybridized carbons (Fsp3) is 0.400. The Labute approximate surface area is 146 Å². The summed E-state index contributed by atoms with van der Waals surface area (Å²) in [6, 6.07) is -0.692. The third-order valence-corrected chi connectivity index (χ3v) is 6.01. The highest BCUT2D eigenvalue weighted by atomic mass is 32.1. The predicted octanol–water partition coefficient (Wildman–Crippen LogP) is 2.69. The van der Waals surface area contributed by atoms with Crippen LogP contribution in [0.15, 0.2) is 11.1 Å². The molecule has 0 aromatic carbocycles. The summed E-state index contributed by atoms with van der Waals surface area (Å²) in [7, 11) is 0. The van der Waals surface area contributed by atoms with Gasteiger partial charge in [-0.15, -0.1) is 21.5 Å². The van der Waals surface area contributed by atoms with Crippen molar-refractivity contribution in [3.63, 3.8) is 0 Å². The molecule has 0 aliphatic carbocycles. The second-order valence-electron chi connectivity index (χ2n) is 5.44. The molecule has 0 aliphatic rings. The van der Waals surface area contributed by atoms with Gasteiger partial charge in [-0.05, 0) is 32.8 Å². The lowest BCUT2D eigenvalue weighted by Gasteiger charge is -2.13. The fourth-order valence-electron chi connectivity index (χ4n) is 2.31. The predicted molar refractivity (Wildman–Crippen MR) is 96.0 cm³/mol. The average molecular weight is 363 g/mol. The molecule has 3 heterocycles. The first kappa shape index (κ1) is 16.7. The highest BCUT2D eigenvalue weighted by molar-refractivity contribution is 7.18. The second-order valence-corrected chi connectivity index (χ2v) is 7.71. The van der Waals surface area contributed by atoms with Crippen molar-refractivity contribution in [2.75, 3.05) is 5.32 Å². The minimum atomic E-state index is -0.692. The average Bonchev–Trinajstić information content (AvgIpc) is 3.12. The van der Waals surface area contributed by atoms with Crippen molar-refractivity contribution >= 4 is 43.9 Å². The Hall–Kier alpha value is -2.13. The molecule has 3 aromatic rings.